The Kier molecular flexibility index (Phi) is 7.59. The van der Waals surface area contributed by atoms with Crippen LogP contribution >= 0.6 is 24.8 Å². The summed E-state index contributed by atoms with van der Waals surface area (Å²) in [4.78, 5) is 16.3. The van der Waals surface area contributed by atoms with Crippen LogP contribution in [0.4, 0.5) is 0 Å². The molecule has 22 heavy (non-hydrogen) atoms. The first-order chi connectivity index (χ1) is 9.84. The molecule has 0 aliphatic carbocycles. The van der Waals surface area contributed by atoms with Gasteiger partial charge in [-0.25, -0.2) is 0 Å². The third kappa shape index (κ3) is 4.32. The molecule has 1 aliphatic rings. The first-order valence-electron chi connectivity index (χ1n) is 7.18. The smallest absolute Gasteiger partial charge is 0.237 e. The number of benzene rings is 1. The van der Waals surface area contributed by atoms with Crippen LogP contribution in [0.3, 0.4) is 0 Å². The highest BCUT2D eigenvalue weighted by Gasteiger charge is 2.21. The predicted octanol–water partition coefficient (Wildman–Crippen LogP) is 2.49. The summed E-state index contributed by atoms with van der Waals surface area (Å²) >= 11 is 0. The maximum atomic E-state index is 11.9. The van der Waals surface area contributed by atoms with Crippen molar-refractivity contribution in [2.75, 3.05) is 13.1 Å². The molecule has 1 fully saturated rings. The van der Waals surface area contributed by atoms with Gasteiger partial charge in [0.1, 0.15) is 0 Å². The second-order valence-corrected chi connectivity index (χ2v) is 5.18. The minimum absolute atomic E-state index is 0. The number of hydrogen-bond acceptors (Lipinski definition) is 3. The van der Waals surface area contributed by atoms with E-state index in [-0.39, 0.29) is 36.8 Å². The minimum atomic E-state index is 0. The number of hydrogen-bond donors (Lipinski definition) is 2. The largest absolute Gasteiger partial charge is 0.354 e. The van der Waals surface area contributed by atoms with Crippen molar-refractivity contribution in [2.24, 2.45) is 0 Å². The molecule has 0 radical (unpaired) electrons. The van der Waals surface area contributed by atoms with Crippen LogP contribution in [-0.4, -0.2) is 30.0 Å². The maximum Gasteiger partial charge on any atom is 0.237 e. The summed E-state index contributed by atoms with van der Waals surface area (Å²) in [5.41, 5.74) is 2.21. The average molecular weight is 342 g/mol. The summed E-state index contributed by atoms with van der Waals surface area (Å²) < 4.78 is 0. The lowest BCUT2D eigenvalue weighted by molar-refractivity contribution is -0.122. The van der Waals surface area contributed by atoms with Crippen molar-refractivity contribution >= 4 is 41.6 Å². The van der Waals surface area contributed by atoms with E-state index < -0.39 is 0 Å². The highest BCUT2D eigenvalue weighted by atomic mass is 35.5. The molecule has 0 saturated carbocycles. The first kappa shape index (κ1) is 18.7. The van der Waals surface area contributed by atoms with Crippen molar-refractivity contribution in [1.29, 1.82) is 0 Å². The van der Waals surface area contributed by atoms with Gasteiger partial charge in [0.05, 0.1) is 11.6 Å². The number of halogens is 2. The molecule has 1 amide bonds. The van der Waals surface area contributed by atoms with Crippen LogP contribution in [-0.2, 0) is 11.2 Å². The normalized spacial score (nSPS) is 16.6. The summed E-state index contributed by atoms with van der Waals surface area (Å²) in [6, 6.07) is 10.2. The summed E-state index contributed by atoms with van der Waals surface area (Å²) in [7, 11) is 0. The van der Waals surface area contributed by atoms with Gasteiger partial charge >= 0.3 is 0 Å². The Hall–Kier alpha value is -1.36. The van der Waals surface area contributed by atoms with E-state index in [2.05, 4.69) is 33.8 Å². The van der Waals surface area contributed by atoms with E-state index in [1.165, 1.54) is 5.56 Å². The number of nitrogens with one attached hydrogen (secondary N) is 2. The van der Waals surface area contributed by atoms with Gasteiger partial charge in [0.25, 0.3) is 0 Å². The molecule has 120 valence electrons. The number of aromatic nitrogens is 1. The lowest BCUT2D eigenvalue weighted by Gasteiger charge is -2.11. The maximum absolute atomic E-state index is 11.9. The number of pyridine rings is 1. The number of rotatable bonds is 4. The van der Waals surface area contributed by atoms with Gasteiger partial charge in [-0.05, 0) is 37.4 Å². The van der Waals surface area contributed by atoms with Gasteiger partial charge in [-0.15, -0.1) is 24.8 Å². The molecular formula is C16H21Cl2N3O. The first-order valence-corrected chi connectivity index (χ1v) is 7.18. The van der Waals surface area contributed by atoms with E-state index in [4.69, 9.17) is 0 Å². The van der Waals surface area contributed by atoms with E-state index in [1.54, 1.807) is 0 Å². The van der Waals surface area contributed by atoms with Gasteiger partial charge in [0.15, 0.2) is 0 Å². The second-order valence-electron chi connectivity index (χ2n) is 5.18. The molecule has 2 N–H and O–H groups in total. The van der Waals surface area contributed by atoms with Crippen LogP contribution in [0.15, 0.2) is 36.5 Å². The zero-order valence-electron chi connectivity index (χ0n) is 12.2. The molecule has 1 saturated heterocycles. The van der Waals surface area contributed by atoms with Gasteiger partial charge in [-0.3, -0.25) is 9.78 Å². The Morgan fingerprint density at radius 1 is 1.27 bits per heavy atom. The molecule has 1 aromatic carbocycles. The Morgan fingerprint density at radius 3 is 2.86 bits per heavy atom. The van der Waals surface area contributed by atoms with Crippen molar-refractivity contribution < 1.29 is 4.79 Å². The third-order valence-corrected chi connectivity index (χ3v) is 3.79. The van der Waals surface area contributed by atoms with Gasteiger partial charge in [-0.1, -0.05) is 24.3 Å². The van der Waals surface area contributed by atoms with Crippen molar-refractivity contribution in [3.8, 4) is 0 Å². The van der Waals surface area contributed by atoms with Crippen LogP contribution in [0.2, 0.25) is 0 Å². The van der Waals surface area contributed by atoms with Crippen molar-refractivity contribution in [3.05, 3.63) is 42.1 Å². The fraction of sp³-hybridized carbons (Fsp3) is 0.375. The highest BCUT2D eigenvalue weighted by molar-refractivity contribution is 5.85. The molecule has 1 aliphatic heterocycles. The number of amides is 1. The van der Waals surface area contributed by atoms with Gasteiger partial charge in [0.2, 0.25) is 5.91 Å². The molecule has 2 aromatic rings. The molecule has 3 rings (SSSR count). The van der Waals surface area contributed by atoms with E-state index in [1.807, 2.05) is 18.3 Å². The number of nitrogens with zero attached hydrogens (tertiary/aromatic N) is 1. The monoisotopic (exact) mass is 341 g/mol. The van der Waals surface area contributed by atoms with Crippen LogP contribution < -0.4 is 10.6 Å². The zero-order chi connectivity index (χ0) is 13.8. The Bertz CT molecular complexity index is 610. The Balaban J connectivity index is 0.00000121. The fourth-order valence-electron chi connectivity index (χ4n) is 2.72. The molecule has 0 bridgehead atoms. The van der Waals surface area contributed by atoms with Gasteiger partial charge < -0.3 is 10.6 Å². The SMILES string of the molecule is Cl.Cl.O=C(NCCc1cccc2cccnc12)[C@@H]1CCCN1. The van der Waals surface area contributed by atoms with E-state index in [0.29, 0.717) is 6.54 Å². The Labute approximate surface area is 142 Å². The van der Waals surface area contributed by atoms with E-state index in [0.717, 1.165) is 36.7 Å². The summed E-state index contributed by atoms with van der Waals surface area (Å²) in [5, 5.41) is 7.37. The van der Waals surface area contributed by atoms with Crippen molar-refractivity contribution in [2.45, 2.75) is 25.3 Å². The summed E-state index contributed by atoms with van der Waals surface area (Å²) in [5.74, 6) is 0.121. The van der Waals surface area contributed by atoms with E-state index in [9.17, 15) is 4.79 Å². The third-order valence-electron chi connectivity index (χ3n) is 3.79. The van der Waals surface area contributed by atoms with Crippen LogP contribution in [0.5, 0.6) is 0 Å². The molecule has 1 aromatic heterocycles. The number of carbonyl (C=O) groups is 1. The quantitative estimate of drug-likeness (QED) is 0.898. The molecule has 0 unspecified atom stereocenters. The van der Waals surface area contributed by atoms with E-state index >= 15 is 0 Å². The van der Waals surface area contributed by atoms with Crippen LogP contribution in [0, 0.1) is 0 Å². The summed E-state index contributed by atoms with van der Waals surface area (Å²) in [6.45, 7) is 1.61. The predicted molar refractivity (Wildman–Crippen MR) is 94.0 cm³/mol. The van der Waals surface area contributed by atoms with Gasteiger partial charge in [-0.2, -0.15) is 0 Å². The average Bonchev–Trinajstić information content (AvgIpc) is 3.02. The molecule has 4 nitrogen and oxygen atoms in total. The second kappa shape index (κ2) is 8.93. The molecule has 1 atom stereocenters. The number of para-hydroxylation sites is 1. The lowest BCUT2D eigenvalue weighted by Crippen LogP contribution is -2.41. The standard InChI is InChI=1S/C16H19N3O.2ClH/c20-16(14-7-3-9-17-14)19-11-8-13-5-1-4-12-6-2-10-18-15(12)13;;/h1-2,4-6,10,14,17H,3,7-9,11H2,(H,19,20);2*1H/t14-;;/m0../s1. The molecule has 2 heterocycles. The van der Waals surface area contributed by atoms with Gasteiger partial charge in [0, 0.05) is 18.1 Å². The van der Waals surface area contributed by atoms with Crippen LogP contribution in [0.25, 0.3) is 10.9 Å². The Morgan fingerprint density at radius 2 is 2.09 bits per heavy atom. The molecular weight excluding hydrogens is 321 g/mol. The molecule has 0 spiro atoms. The highest BCUT2D eigenvalue weighted by Crippen LogP contribution is 2.16. The number of carbonyl (C=O) groups excluding carboxylic acids is 1. The van der Waals surface area contributed by atoms with Crippen molar-refractivity contribution in [1.82, 2.24) is 15.6 Å². The lowest BCUT2D eigenvalue weighted by atomic mass is 10.1. The fourth-order valence-corrected chi connectivity index (χ4v) is 2.72. The topological polar surface area (TPSA) is 54.0 Å². The summed E-state index contributed by atoms with van der Waals surface area (Å²) in [6.07, 6.45) is 4.66. The minimum Gasteiger partial charge on any atom is -0.354 e. The van der Waals surface area contributed by atoms with Crippen LogP contribution in [0.1, 0.15) is 18.4 Å². The molecule has 6 heteroatoms. The number of fused-ring (bicyclic) bond motifs is 1. The van der Waals surface area contributed by atoms with Crippen molar-refractivity contribution in [3.63, 3.8) is 0 Å². The zero-order valence-corrected chi connectivity index (χ0v) is 13.9.